The van der Waals surface area contributed by atoms with Gasteiger partial charge in [0.2, 0.25) is 0 Å². The molecule has 3 N–H and O–H groups in total. The van der Waals surface area contributed by atoms with Crippen molar-refractivity contribution in [3.05, 3.63) is 59.4 Å². The molecule has 0 amide bonds. The average Bonchev–Trinajstić information content (AvgIpc) is 2.34. The first-order chi connectivity index (χ1) is 8.58. The van der Waals surface area contributed by atoms with Crippen molar-refractivity contribution in [2.45, 2.75) is 19.9 Å². The number of benzene rings is 2. The molecule has 2 aromatic rings. The normalized spacial score (nSPS) is 12.2. The van der Waals surface area contributed by atoms with Crippen molar-refractivity contribution in [1.29, 1.82) is 0 Å². The van der Waals surface area contributed by atoms with E-state index >= 15 is 0 Å². The van der Waals surface area contributed by atoms with Gasteiger partial charge in [0.15, 0.2) is 0 Å². The molecule has 1 atom stereocenters. The Morgan fingerprint density at radius 1 is 1.17 bits per heavy atom. The Hall–Kier alpha value is -2.03. The van der Waals surface area contributed by atoms with Crippen LogP contribution in [0.3, 0.4) is 0 Å². The third kappa shape index (κ3) is 2.62. The minimum atomic E-state index is -0.197. The zero-order valence-electron chi connectivity index (χ0n) is 10.6. The van der Waals surface area contributed by atoms with Crippen LogP contribution in [0.25, 0.3) is 0 Å². The maximum atomic E-state index is 13.6. The fourth-order valence-electron chi connectivity index (χ4n) is 1.88. The number of nitrogens with one attached hydrogen (secondary N) is 1. The lowest BCUT2D eigenvalue weighted by Gasteiger charge is -2.17. The molecule has 2 nitrogen and oxygen atoms in total. The van der Waals surface area contributed by atoms with Crippen LogP contribution in [0.2, 0.25) is 0 Å². The Labute approximate surface area is 107 Å². The van der Waals surface area contributed by atoms with E-state index in [1.54, 1.807) is 12.1 Å². The quantitative estimate of drug-likeness (QED) is 0.804. The monoisotopic (exact) mass is 244 g/mol. The molecule has 0 bridgehead atoms. The summed E-state index contributed by atoms with van der Waals surface area (Å²) in [6.45, 7) is 3.88. The predicted octanol–water partition coefficient (Wildman–Crippen LogP) is 3.89. The topological polar surface area (TPSA) is 38.0 Å². The Morgan fingerprint density at radius 3 is 2.56 bits per heavy atom. The minimum Gasteiger partial charge on any atom is -0.398 e. The number of hydrogen-bond donors (Lipinski definition) is 2. The van der Waals surface area contributed by atoms with E-state index in [1.807, 2.05) is 38.1 Å². The lowest BCUT2D eigenvalue weighted by molar-refractivity contribution is 0.600. The summed E-state index contributed by atoms with van der Waals surface area (Å²) in [5.41, 5.74) is 9.18. The van der Waals surface area contributed by atoms with Gasteiger partial charge >= 0.3 is 0 Å². The van der Waals surface area contributed by atoms with Gasteiger partial charge in [-0.05, 0) is 37.6 Å². The van der Waals surface area contributed by atoms with Crippen LogP contribution in [0.4, 0.5) is 15.8 Å². The van der Waals surface area contributed by atoms with E-state index < -0.39 is 0 Å². The fourth-order valence-corrected chi connectivity index (χ4v) is 1.88. The smallest absolute Gasteiger partial charge is 0.128 e. The second kappa shape index (κ2) is 5.08. The van der Waals surface area contributed by atoms with Crippen LogP contribution in [0, 0.1) is 12.7 Å². The number of nitrogen functional groups attached to an aromatic ring is 1. The number of aryl methyl sites for hydroxylation is 1. The molecular formula is C15H17FN2. The second-order valence-corrected chi connectivity index (χ2v) is 4.46. The van der Waals surface area contributed by atoms with Crippen LogP contribution in [0.15, 0.2) is 42.5 Å². The Balaban J connectivity index is 2.19. The van der Waals surface area contributed by atoms with Crippen molar-refractivity contribution >= 4 is 11.4 Å². The molecule has 1 unspecified atom stereocenters. The second-order valence-electron chi connectivity index (χ2n) is 4.46. The molecule has 0 aliphatic carbocycles. The zero-order chi connectivity index (χ0) is 13.1. The number of halogens is 1. The molecule has 0 fully saturated rings. The molecule has 0 radical (unpaired) electrons. The fraction of sp³-hybridized carbons (Fsp3) is 0.200. The molecular weight excluding hydrogens is 227 g/mol. The molecule has 94 valence electrons. The summed E-state index contributed by atoms with van der Waals surface area (Å²) >= 11 is 0. The van der Waals surface area contributed by atoms with Gasteiger partial charge in [-0.1, -0.05) is 24.3 Å². The van der Waals surface area contributed by atoms with E-state index in [0.29, 0.717) is 5.56 Å². The van der Waals surface area contributed by atoms with Gasteiger partial charge in [-0.25, -0.2) is 4.39 Å². The summed E-state index contributed by atoms with van der Waals surface area (Å²) in [5, 5.41) is 3.25. The molecule has 0 aliphatic rings. The van der Waals surface area contributed by atoms with Crippen LogP contribution in [-0.4, -0.2) is 0 Å². The molecule has 2 aromatic carbocycles. The largest absolute Gasteiger partial charge is 0.398 e. The first-order valence-electron chi connectivity index (χ1n) is 5.95. The molecule has 0 aromatic heterocycles. The molecule has 3 heteroatoms. The maximum absolute atomic E-state index is 13.6. The van der Waals surface area contributed by atoms with Crippen molar-refractivity contribution in [3.8, 4) is 0 Å². The summed E-state index contributed by atoms with van der Waals surface area (Å²) in [5.74, 6) is -0.197. The van der Waals surface area contributed by atoms with E-state index in [9.17, 15) is 4.39 Å². The summed E-state index contributed by atoms with van der Waals surface area (Å²) in [7, 11) is 0. The molecule has 0 spiro atoms. The van der Waals surface area contributed by atoms with E-state index in [0.717, 1.165) is 16.9 Å². The Morgan fingerprint density at radius 2 is 1.89 bits per heavy atom. The highest BCUT2D eigenvalue weighted by Crippen LogP contribution is 2.23. The van der Waals surface area contributed by atoms with Crippen molar-refractivity contribution in [2.75, 3.05) is 11.1 Å². The van der Waals surface area contributed by atoms with Gasteiger partial charge in [0.1, 0.15) is 5.82 Å². The highest BCUT2D eigenvalue weighted by Gasteiger charge is 2.10. The first-order valence-corrected chi connectivity index (χ1v) is 5.95. The highest BCUT2D eigenvalue weighted by molar-refractivity contribution is 5.59. The number of nitrogens with two attached hydrogens (primary N) is 1. The van der Waals surface area contributed by atoms with Gasteiger partial charge in [0.05, 0.1) is 6.04 Å². The van der Waals surface area contributed by atoms with Crippen LogP contribution in [0.5, 0.6) is 0 Å². The van der Waals surface area contributed by atoms with Gasteiger partial charge in [0.25, 0.3) is 0 Å². The molecule has 0 heterocycles. The SMILES string of the molecule is Cc1ccc(NC(C)c2ccccc2F)cc1N. The van der Waals surface area contributed by atoms with Crippen molar-refractivity contribution < 1.29 is 4.39 Å². The highest BCUT2D eigenvalue weighted by atomic mass is 19.1. The minimum absolute atomic E-state index is 0.103. The summed E-state index contributed by atoms with van der Waals surface area (Å²) in [4.78, 5) is 0. The van der Waals surface area contributed by atoms with Gasteiger partial charge in [0, 0.05) is 16.9 Å². The summed E-state index contributed by atoms with van der Waals surface area (Å²) in [6, 6.07) is 12.4. The van der Waals surface area contributed by atoms with Crippen molar-refractivity contribution in [3.63, 3.8) is 0 Å². The van der Waals surface area contributed by atoms with Gasteiger partial charge < -0.3 is 11.1 Å². The van der Waals surface area contributed by atoms with E-state index in [1.165, 1.54) is 6.07 Å². The van der Waals surface area contributed by atoms with E-state index in [4.69, 9.17) is 5.73 Å². The van der Waals surface area contributed by atoms with Crippen LogP contribution < -0.4 is 11.1 Å². The molecule has 18 heavy (non-hydrogen) atoms. The van der Waals surface area contributed by atoms with Crippen LogP contribution >= 0.6 is 0 Å². The van der Waals surface area contributed by atoms with Crippen molar-refractivity contribution in [1.82, 2.24) is 0 Å². The van der Waals surface area contributed by atoms with Crippen LogP contribution in [-0.2, 0) is 0 Å². The van der Waals surface area contributed by atoms with Crippen molar-refractivity contribution in [2.24, 2.45) is 0 Å². The van der Waals surface area contributed by atoms with E-state index in [-0.39, 0.29) is 11.9 Å². The van der Waals surface area contributed by atoms with E-state index in [2.05, 4.69) is 5.32 Å². The summed E-state index contributed by atoms with van der Waals surface area (Å²) in [6.07, 6.45) is 0. The average molecular weight is 244 g/mol. The van der Waals surface area contributed by atoms with Gasteiger partial charge in [-0.15, -0.1) is 0 Å². The summed E-state index contributed by atoms with van der Waals surface area (Å²) < 4.78 is 13.6. The third-order valence-electron chi connectivity index (χ3n) is 3.03. The maximum Gasteiger partial charge on any atom is 0.128 e. The lowest BCUT2D eigenvalue weighted by Crippen LogP contribution is -2.08. The standard InChI is InChI=1S/C15H17FN2/c1-10-7-8-12(9-15(10)17)18-11(2)13-5-3-4-6-14(13)16/h3-9,11,18H,17H2,1-2H3. The Kier molecular flexibility index (Phi) is 3.51. The lowest BCUT2D eigenvalue weighted by atomic mass is 10.1. The molecule has 0 saturated carbocycles. The predicted molar refractivity (Wildman–Crippen MR) is 74.0 cm³/mol. The molecule has 0 saturated heterocycles. The first kappa shape index (κ1) is 12.4. The number of hydrogen-bond acceptors (Lipinski definition) is 2. The molecule has 2 rings (SSSR count). The third-order valence-corrected chi connectivity index (χ3v) is 3.03. The van der Waals surface area contributed by atoms with Gasteiger partial charge in [-0.3, -0.25) is 0 Å². The zero-order valence-corrected chi connectivity index (χ0v) is 10.6. The van der Waals surface area contributed by atoms with Crippen LogP contribution in [0.1, 0.15) is 24.1 Å². The molecule has 0 aliphatic heterocycles. The number of anilines is 2. The van der Waals surface area contributed by atoms with Gasteiger partial charge in [-0.2, -0.15) is 0 Å². The Bertz CT molecular complexity index is 552. The number of rotatable bonds is 3.